The molecular weight excluding hydrogens is 264 g/mol. The summed E-state index contributed by atoms with van der Waals surface area (Å²) in [7, 11) is 0. The van der Waals surface area contributed by atoms with Crippen LogP contribution in [0.5, 0.6) is 0 Å². The van der Waals surface area contributed by atoms with E-state index in [1.807, 2.05) is 10.8 Å². The lowest BCUT2D eigenvalue weighted by atomic mass is 9.91. The van der Waals surface area contributed by atoms with E-state index in [2.05, 4.69) is 15.9 Å². The predicted octanol–water partition coefficient (Wildman–Crippen LogP) is 2.97. The van der Waals surface area contributed by atoms with Crippen molar-refractivity contribution in [3.05, 3.63) is 20.8 Å². The fourth-order valence-electron chi connectivity index (χ4n) is 1.79. The van der Waals surface area contributed by atoms with Gasteiger partial charge in [-0.3, -0.25) is 0 Å². The Labute approximate surface area is 96.0 Å². The Balaban J connectivity index is 2.07. The molecule has 0 aromatic carbocycles. The number of ether oxygens (including phenoxy) is 1. The third kappa shape index (κ3) is 2.19. The molecule has 0 spiro atoms. The Hall–Kier alpha value is 0.1000. The first-order valence-electron chi connectivity index (χ1n) is 4.76. The zero-order valence-corrected chi connectivity index (χ0v) is 10.2. The quantitative estimate of drug-likeness (QED) is 0.900. The van der Waals surface area contributed by atoms with Gasteiger partial charge < -0.3 is 9.84 Å². The highest BCUT2D eigenvalue weighted by molar-refractivity contribution is 9.10. The summed E-state index contributed by atoms with van der Waals surface area (Å²) in [4.78, 5) is 0. The average Bonchev–Trinajstić information content (AvgIpc) is 2.65. The highest BCUT2D eigenvalue weighted by Crippen LogP contribution is 2.35. The molecule has 1 fully saturated rings. The molecule has 1 aromatic rings. The van der Waals surface area contributed by atoms with Crippen LogP contribution in [0.15, 0.2) is 15.2 Å². The van der Waals surface area contributed by atoms with Crippen molar-refractivity contribution in [3.8, 4) is 0 Å². The molecule has 2 nitrogen and oxygen atoms in total. The maximum Gasteiger partial charge on any atom is 0.0838 e. The molecule has 1 aromatic heterocycles. The molecule has 1 aliphatic heterocycles. The fourth-order valence-corrected chi connectivity index (χ4v) is 3.35. The SMILES string of the molecule is OC(c1cscc1Br)C1CCOCC1. The lowest BCUT2D eigenvalue weighted by molar-refractivity contribution is 0.00709. The Morgan fingerprint density at radius 2 is 2.14 bits per heavy atom. The zero-order valence-electron chi connectivity index (χ0n) is 7.78. The molecule has 0 bridgehead atoms. The maximum absolute atomic E-state index is 10.1. The van der Waals surface area contributed by atoms with Crippen LogP contribution in [0.1, 0.15) is 24.5 Å². The number of thiophene rings is 1. The largest absolute Gasteiger partial charge is 0.388 e. The van der Waals surface area contributed by atoms with E-state index in [-0.39, 0.29) is 6.10 Å². The Bertz CT molecular complexity index is 294. The molecule has 4 heteroatoms. The van der Waals surface area contributed by atoms with Crippen molar-refractivity contribution in [1.29, 1.82) is 0 Å². The van der Waals surface area contributed by atoms with Gasteiger partial charge in [-0.2, -0.15) is 11.3 Å². The van der Waals surface area contributed by atoms with Gasteiger partial charge >= 0.3 is 0 Å². The second kappa shape index (κ2) is 4.75. The third-order valence-electron chi connectivity index (χ3n) is 2.67. The number of aliphatic hydroxyl groups excluding tert-OH is 1. The average molecular weight is 277 g/mol. The molecule has 1 aliphatic rings. The summed E-state index contributed by atoms with van der Waals surface area (Å²) in [6.45, 7) is 1.56. The molecule has 1 atom stereocenters. The summed E-state index contributed by atoms with van der Waals surface area (Å²) < 4.78 is 6.31. The van der Waals surface area contributed by atoms with Crippen molar-refractivity contribution in [2.75, 3.05) is 13.2 Å². The molecule has 78 valence electrons. The lowest BCUT2D eigenvalue weighted by Gasteiger charge is -2.26. The smallest absolute Gasteiger partial charge is 0.0838 e. The molecule has 0 radical (unpaired) electrons. The van der Waals surface area contributed by atoms with Gasteiger partial charge in [0.25, 0.3) is 0 Å². The van der Waals surface area contributed by atoms with Crippen molar-refractivity contribution >= 4 is 27.3 Å². The minimum Gasteiger partial charge on any atom is -0.388 e. The standard InChI is InChI=1S/C10H13BrO2S/c11-9-6-14-5-8(9)10(12)7-1-3-13-4-2-7/h5-7,10,12H,1-4H2. The first-order valence-corrected chi connectivity index (χ1v) is 6.50. The van der Waals surface area contributed by atoms with Crippen molar-refractivity contribution in [3.63, 3.8) is 0 Å². The number of hydrogen-bond acceptors (Lipinski definition) is 3. The number of hydrogen-bond donors (Lipinski definition) is 1. The van der Waals surface area contributed by atoms with Crippen molar-refractivity contribution in [2.45, 2.75) is 18.9 Å². The van der Waals surface area contributed by atoms with E-state index in [0.717, 1.165) is 36.1 Å². The fraction of sp³-hybridized carbons (Fsp3) is 0.600. The highest BCUT2D eigenvalue weighted by Gasteiger charge is 2.25. The first kappa shape index (κ1) is 10.6. The Morgan fingerprint density at radius 3 is 2.71 bits per heavy atom. The molecule has 1 saturated heterocycles. The minimum atomic E-state index is -0.334. The van der Waals surface area contributed by atoms with Gasteiger partial charge in [0.2, 0.25) is 0 Å². The van der Waals surface area contributed by atoms with E-state index in [1.54, 1.807) is 11.3 Å². The maximum atomic E-state index is 10.1. The van der Waals surface area contributed by atoms with E-state index < -0.39 is 0 Å². The number of aliphatic hydroxyl groups is 1. The zero-order chi connectivity index (χ0) is 9.97. The van der Waals surface area contributed by atoms with Crippen LogP contribution in [0.3, 0.4) is 0 Å². The van der Waals surface area contributed by atoms with Gasteiger partial charge in [0, 0.05) is 28.6 Å². The van der Waals surface area contributed by atoms with Gasteiger partial charge in [-0.15, -0.1) is 0 Å². The Morgan fingerprint density at radius 1 is 1.43 bits per heavy atom. The lowest BCUT2D eigenvalue weighted by Crippen LogP contribution is -2.21. The molecule has 14 heavy (non-hydrogen) atoms. The molecule has 2 rings (SSSR count). The molecule has 0 amide bonds. The Kier molecular flexibility index (Phi) is 3.60. The number of rotatable bonds is 2. The summed E-state index contributed by atoms with van der Waals surface area (Å²) in [6, 6.07) is 0. The van der Waals surface area contributed by atoms with Crippen LogP contribution in [0.25, 0.3) is 0 Å². The van der Waals surface area contributed by atoms with Crippen molar-refractivity contribution in [1.82, 2.24) is 0 Å². The van der Waals surface area contributed by atoms with E-state index >= 15 is 0 Å². The molecule has 1 unspecified atom stereocenters. The van der Waals surface area contributed by atoms with E-state index in [1.165, 1.54) is 0 Å². The van der Waals surface area contributed by atoms with Gasteiger partial charge in [0.15, 0.2) is 0 Å². The van der Waals surface area contributed by atoms with Crippen molar-refractivity contribution in [2.24, 2.45) is 5.92 Å². The van der Waals surface area contributed by atoms with E-state index in [0.29, 0.717) is 5.92 Å². The van der Waals surface area contributed by atoms with Gasteiger partial charge in [-0.1, -0.05) is 0 Å². The van der Waals surface area contributed by atoms with Crippen LogP contribution >= 0.6 is 27.3 Å². The monoisotopic (exact) mass is 276 g/mol. The van der Waals surface area contributed by atoms with Gasteiger partial charge in [0.05, 0.1) is 6.10 Å². The van der Waals surface area contributed by atoms with E-state index in [4.69, 9.17) is 4.74 Å². The molecule has 0 saturated carbocycles. The molecule has 1 N–H and O–H groups in total. The molecule has 2 heterocycles. The summed E-state index contributed by atoms with van der Waals surface area (Å²) >= 11 is 5.07. The molecular formula is C10H13BrO2S. The topological polar surface area (TPSA) is 29.5 Å². The van der Waals surface area contributed by atoms with Crippen LogP contribution in [0.4, 0.5) is 0 Å². The highest BCUT2D eigenvalue weighted by atomic mass is 79.9. The normalized spacial score (nSPS) is 21.0. The summed E-state index contributed by atoms with van der Waals surface area (Å²) in [5.74, 6) is 0.356. The summed E-state index contributed by atoms with van der Waals surface area (Å²) in [6.07, 6.45) is 1.59. The number of halogens is 1. The summed E-state index contributed by atoms with van der Waals surface area (Å²) in [5, 5.41) is 14.2. The predicted molar refractivity (Wildman–Crippen MR) is 60.5 cm³/mol. The molecule has 0 aliphatic carbocycles. The van der Waals surface area contributed by atoms with Gasteiger partial charge in [-0.05, 0) is 40.1 Å². The second-order valence-electron chi connectivity index (χ2n) is 3.57. The van der Waals surface area contributed by atoms with Crippen LogP contribution in [-0.4, -0.2) is 18.3 Å². The van der Waals surface area contributed by atoms with Crippen LogP contribution < -0.4 is 0 Å². The van der Waals surface area contributed by atoms with Crippen molar-refractivity contribution < 1.29 is 9.84 Å². The van der Waals surface area contributed by atoms with Crippen LogP contribution in [-0.2, 0) is 4.74 Å². The van der Waals surface area contributed by atoms with Gasteiger partial charge in [-0.25, -0.2) is 0 Å². The van der Waals surface area contributed by atoms with E-state index in [9.17, 15) is 5.11 Å². The van der Waals surface area contributed by atoms with Crippen LogP contribution in [0, 0.1) is 5.92 Å². The minimum absolute atomic E-state index is 0.334. The van der Waals surface area contributed by atoms with Gasteiger partial charge in [0.1, 0.15) is 0 Å². The summed E-state index contributed by atoms with van der Waals surface area (Å²) in [5.41, 5.74) is 1.03. The second-order valence-corrected chi connectivity index (χ2v) is 5.17. The first-order chi connectivity index (χ1) is 6.79. The third-order valence-corrected chi connectivity index (χ3v) is 4.43. The van der Waals surface area contributed by atoms with Crippen LogP contribution in [0.2, 0.25) is 0 Å².